The summed E-state index contributed by atoms with van der Waals surface area (Å²) in [7, 11) is 0. The molecule has 0 N–H and O–H groups in total. The van der Waals surface area contributed by atoms with Crippen LogP contribution in [0.1, 0.15) is 27.9 Å². The van der Waals surface area contributed by atoms with E-state index in [1.807, 2.05) is 18.2 Å². The molecule has 0 unspecified atom stereocenters. The molecule has 0 aliphatic heterocycles. The van der Waals surface area contributed by atoms with Crippen LogP contribution < -0.4 is 0 Å². The Hall–Kier alpha value is -1.11. The van der Waals surface area contributed by atoms with Crippen molar-refractivity contribution in [3.8, 4) is 0 Å². The monoisotopic (exact) mass is 145 g/mol. The summed E-state index contributed by atoms with van der Waals surface area (Å²) in [6.45, 7) is 3.81. The highest BCUT2D eigenvalue weighted by molar-refractivity contribution is 6.00. The topological polar surface area (TPSA) is 17.1 Å². The average molecular weight is 145 g/mol. The Kier molecular flexibility index (Phi) is 1.31. The van der Waals surface area contributed by atoms with E-state index in [0.29, 0.717) is 6.42 Å². The molecule has 0 atom stereocenters. The van der Waals surface area contributed by atoms with Crippen LogP contribution in [-0.2, 0) is 6.42 Å². The van der Waals surface area contributed by atoms with Gasteiger partial charge in [0.15, 0.2) is 5.78 Å². The zero-order valence-electron chi connectivity index (χ0n) is 6.26. The molecule has 0 fully saturated rings. The molecular formula is C10H9O. The predicted molar refractivity (Wildman–Crippen MR) is 43.6 cm³/mol. The van der Waals surface area contributed by atoms with Gasteiger partial charge in [-0.1, -0.05) is 18.2 Å². The SMILES string of the molecule is [CH2]c1ccc2c(c1)CCC2=O. The van der Waals surface area contributed by atoms with Gasteiger partial charge in [-0.25, -0.2) is 0 Å². The Labute approximate surface area is 66.0 Å². The Bertz CT molecular complexity index is 313. The first-order valence-corrected chi connectivity index (χ1v) is 3.75. The Morgan fingerprint density at radius 1 is 1.27 bits per heavy atom. The van der Waals surface area contributed by atoms with Crippen molar-refractivity contribution in [2.45, 2.75) is 12.8 Å². The minimum Gasteiger partial charge on any atom is -0.294 e. The molecule has 0 spiro atoms. The second kappa shape index (κ2) is 2.19. The summed E-state index contributed by atoms with van der Waals surface area (Å²) in [6.07, 6.45) is 1.58. The molecule has 0 saturated heterocycles. The van der Waals surface area contributed by atoms with E-state index < -0.39 is 0 Å². The maximum atomic E-state index is 11.2. The van der Waals surface area contributed by atoms with Crippen LogP contribution in [0, 0.1) is 6.92 Å². The molecule has 0 amide bonds. The van der Waals surface area contributed by atoms with E-state index in [-0.39, 0.29) is 5.78 Å². The number of hydrogen-bond donors (Lipinski definition) is 0. The van der Waals surface area contributed by atoms with E-state index in [1.54, 1.807) is 0 Å². The molecule has 1 aromatic carbocycles. The number of fused-ring (bicyclic) bond motifs is 1. The van der Waals surface area contributed by atoms with Crippen LogP contribution in [0.4, 0.5) is 0 Å². The fraction of sp³-hybridized carbons (Fsp3) is 0.200. The van der Waals surface area contributed by atoms with E-state index in [9.17, 15) is 4.79 Å². The minimum absolute atomic E-state index is 0.278. The van der Waals surface area contributed by atoms with Crippen LogP contribution in [0.3, 0.4) is 0 Å². The lowest BCUT2D eigenvalue weighted by molar-refractivity contribution is 0.0994. The van der Waals surface area contributed by atoms with Gasteiger partial charge in [0, 0.05) is 12.0 Å². The molecule has 2 rings (SSSR count). The van der Waals surface area contributed by atoms with Gasteiger partial charge in [-0.3, -0.25) is 4.79 Å². The van der Waals surface area contributed by atoms with Crippen molar-refractivity contribution in [3.05, 3.63) is 41.8 Å². The number of hydrogen-bond acceptors (Lipinski definition) is 1. The first-order valence-electron chi connectivity index (χ1n) is 3.75. The predicted octanol–water partition coefficient (Wildman–Crippen LogP) is 2.00. The second-order valence-electron chi connectivity index (χ2n) is 2.91. The van der Waals surface area contributed by atoms with Crippen LogP contribution >= 0.6 is 0 Å². The van der Waals surface area contributed by atoms with Crippen LogP contribution in [-0.4, -0.2) is 5.78 Å². The molecule has 1 radical (unpaired) electrons. The molecule has 1 heteroatoms. The lowest BCUT2D eigenvalue weighted by atomic mass is 10.1. The van der Waals surface area contributed by atoms with Gasteiger partial charge in [0.25, 0.3) is 0 Å². The molecule has 0 saturated carbocycles. The Morgan fingerprint density at radius 3 is 2.91 bits per heavy atom. The van der Waals surface area contributed by atoms with Crippen LogP contribution in [0.2, 0.25) is 0 Å². The molecule has 0 aromatic heterocycles. The fourth-order valence-corrected chi connectivity index (χ4v) is 1.51. The zero-order valence-corrected chi connectivity index (χ0v) is 6.26. The highest BCUT2D eigenvalue weighted by atomic mass is 16.1. The molecule has 1 nitrogen and oxygen atoms in total. The first-order chi connectivity index (χ1) is 5.27. The van der Waals surface area contributed by atoms with Crippen molar-refractivity contribution in [3.63, 3.8) is 0 Å². The highest BCUT2D eigenvalue weighted by Gasteiger charge is 2.18. The zero-order chi connectivity index (χ0) is 7.84. The van der Waals surface area contributed by atoms with Gasteiger partial charge in [-0.15, -0.1) is 0 Å². The quantitative estimate of drug-likeness (QED) is 0.545. The van der Waals surface area contributed by atoms with E-state index in [4.69, 9.17) is 0 Å². The first kappa shape index (κ1) is 6.59. The van der Waals surface area contributed by atoms with Crippen molar-refractivity contribution < 1.29 is 4.79 Å². The lowest BCUT2D eigenvalue weighted by Crippen LogP contribution is -1.90. The van der Waals surface area contributed by atoms with E-state index in [2.05, 4.69) is 6.92 Å². The van der Waals surface area contributed by atoms with Gasteiger partial charge in [0.2, 0.25) is 0 Å². The summed E-state index contributed by atoms with van der Waals surface area (Å²) in [5.41, 5.74) is 3.07. The molecular weight excluding hydrogens is 136 g/mol. The van der Waals surface area contributed by atoms with Crippen molar-refractivity contribution in [2.75, 3.05) is 0 Å². The number of aryl methyl sites for hydroxylation is 1. The second-order valence-corrected chi connectivity index (χ2v) is 2.91. The van der Waals surface area contributed by atoms with Crippen molar-refractivity contribution >= 4 is 5.78 Å². The highest BCUT2D eigenvalue weighted by Crippen LogP contribution is 2.22. The number of carbonyl (C=O) groups excluding carboxylic acids is 1. The number of Topliss-reactive ketones (excluding diaryl/α,β-unsaturated/α-hetero) is 1. The van der Waals surface area contributed by atoms with Crippen molar-refractivity contribution in [2.24, 2.45) is 0 Å². The fourth-order valence-electron chi connectivity index (χ4n) is 1.51. The number of rotatable bonds is 0. The molecule has 1 aliphatic carbocycles. The maximum absolute atomic E-state index is 11.2. The van der Waals surface area contributed by atoms with E-state index in [0.717, 1.165) is 17.5 Å². The smallest absolute Gasteiger partial charge is 0.163 e. The third-order valence-corrected chi connectivity index (χ3v) is 2.09. The molecule has 0 bridgehead atoms. The van der Waals surface area contributed by atoms with Gasteiger partial charge in [-0.05, 0) is 24.5 Å². The molecule has 1 aliphatic rings. The van der Waals surface area contributed by atoms with Gasteiger partial charge in [-0.2, -0.15) is 0 Å². The van der Waals surface area contributed by atoms with E-state index in [1.165, 1.54) is 5.56 Å². The van der Waals surface area contributed by atoms with Crippen LogP contribution in [0.5, 0.6) is 0 Å². The normalized spacial score (nSPS) is 15.2. The van der Waals surface area contributed by atoms with Crippen molar-refractivity contribution in [1.29, 1.82) is 0 Å². The lowest BCUT2D eigenvalue weighted by Gasteiger charge is -1.97. The summed E-state index contributed by atoms with van der Waals surface area (Å²) in [5, 5.41) is 0. The molecule has 55 valence electrons. The summed E-state index contributed by atoms with van der Waals surface area (Å²) in [5.74, 6) is 0.278. The Balaban J connectivity index is 2.59. The van der Waals surface area contributed by atoms with Gasteiger partial charge < -0.3 is 0 Å². The van der Waals surface area contributed by atoms with Gasteiger partial charge in [0.05, 0.1) is 0 Å². The Morgan fingerprint density at radius 2 is 2.09 bits per heavy atom. The number of carbonyl (C=O) groups is 1. The minimum atomic E-state index is 0.278. The third-order valence-electron chi connectivity index (χ3n) is 2.09. The summed E-state index contributed by atoms with van der Waals surface area (Å²) < 4.78 is 0. The number of ketones is 1. The molecule has 11 heavy (non-hydrogen) atoms. The average Bonchev–Trinajstić information content (AvgIpc) is 2.32. The largest absolute Gasteiger partial charge is 0.294 e. The van der Waals surface area contributed by atoms with Crippen LogP contribution in [0.15, 0.2) is 18.2 Å². The standard InChI is InChI=1S/C10H9O/c1-7-2-4-9-8(6-7)3-5-10(9)11/h2,4,6H,1,3,5H2. The van der Waals surface area contributed by atoms with Gasteiger partial charge >= 0.3 is 0 Å². The van der Waals surface area contributed by atoms with Gasteiger partial charge in [0.1, 0.15) is 0 Å². The summed E-state index contributed by atoms with van der Waals surface area (Å²) in [4.78, 5) is 11.2. The van der Waals surface area contributed by atoms with Crippen LogP contribution in [0.25, 0.3) is 0 Å². The summed E-state index contributed by atoms with van der Waals surface area (Å²) in [6, 6.07) is 5.77. The van der Waals surface area contributed by atoms with Crippen molar-refractivity contribution in [1.82, 2.24) is 0 Å². The maximum Gasteiger partial charge on any atom is 0.163 e. The molecule has 1 aromatic rings. The third kappa shape index (κ3) is 0.967. The summed E-state index contributed by atoms with van der Waals surface area (Å²) >= 11 is 0. The van der Waals surface area contributed by atoms with E-state index >= 15 is 0 Å². The number of benzene rings is 1. The molecule has 0 heterocycles.